The fourth-order valence-electron chi connectivity index (χ4n) is 3.09. The lowest BCUT2D eigenvalue weighted by molar-refractivity contribution is -0.135. The summed E-state index contributed by atoms with van der Waals surface area (Å²) in [6, 6.07) is 7.98. The highest BCUT2D eigenvalue weighted by Gasteiger charge is 2.49. The topological polar surface area (TPSA) is 102 Å². The molecule has 130 valence electrons. The highest BCUT2D eigenvalue weighted by atomic mass is 16.2. The molecule has 0 unspecified atom stereocenters. The number of rotatable bonds is 5. The number of hydrogen-bond acceptors (Lipinski definition) is 4. The van der Waals surface area contributed by atoms with Crippen LogP contribution in [0.25, 0.3) is 0 Å². The Kier molecular flexibility index (Phi) is 4.21. The second-order valence-corrected chi connectivity index (χ2v) is 6.83. The molecule has 1 aromatic rings. The SMILES string of the molecule is C[C@H](NC(=O)CN1C(=O)N[C@@](C)(c2cccc(C#N)c2)C1=O)C1CC1. The number of benzene rings is 1. The van der Waals surface area contributed by atoms with E-state index in [4.69, 9.17) is 5.26 Å². The van der Waals surface area contributed by atoms with Crippen LogP contribution in [0.1, 0.15) is 37.8 Å². The molecule has 0 radical (unpaired) electrons. The van der Waals surface area contributed by atoms with Crippen LogP contribution in [-0.2, 0) is 15.1 Å². The summed E-state index contributed by atoms with van der Waals surface area (Å²) in [7, 11) is 0. The minimum Gasteiger partial charge on any atom is -0.352 e. The maximum Gasteiger partial charge on any atom is 0.325 e. The van der Waals surface area contributed by atoms with Crippen molar-refractivity contribution in [2.24, 2.45) is 5.92 Å². The van der Waals surface area contributed by atoms with Crippen molar-refractivity contribution in [3.63, 3.8) is 0 Å². The van der Waals surface area contributed by atoms with E-state index < -0.39 is 17.5 Å². The van der Waals surface area contributed by atoms with Gasteiger partial charge in [-0.15, -0.1) is 0 Å². The molecule has 1 aliphatic heterocycles. The number of carbonyl (C=O) groups excluding carboxylic acids is 3. The minimum atomic E-state index is -1.29. The van der Waals surface area contributed by atoms with Crippen LogP contribution in [0.15, 0.2) is 24.3 Å². The van der Waals surface area contributed by atoms with E-state index in [0.717, 1.165) is 17.7 Å². The lowest BCUT2D eigenvalue weighted by Gasteiger charge is -2.22. The lowest BCUT2D eigenvalue weighted by Crippen LogP contribution is -2.45. The average Bonchev–Trinajstić information content (AvgIpc) is 3.41. The summed E-state index contributed by atoms with van der Waals surface area (Å²) in [4.78, 5) is 38.1. The van der Waals surface area contributed by atoms with E-state index in [2.05, 4.69) is 10.6 Å². The standard InChI is InChI=1S/C18H20N4O3/c1-11(13-6-7-13)20-15(23)10-22-16(24)18(2,21-17(22)25)14-5-3-4-12(8-14)9-19/h3-5,8,11,13H,6-7,10H2,1-2H3,(H,20,23)(H,21,25)/t11-,18-/m0/s1. The first-order valence-corrected chi connectivity index (χ1v) is 8.29. The summed E-state index contributed by atoms with van der Waals surface area (Å²) in [6.45, 7) is 3.20. The van der Waals surface area contributed by atoms with Crippen LogP contribution in [0.3, 0.4) is 0 Å². The van der Waals surface area contributed by atoms with Gasteiger partial charge in [0.15, 0.2) is 0 Å². The first-order valence-electron chi connectivity index (χ1n) is 8.29. The second-order valence-electron chi connectivity index (χ2n) is 6.83. The van der Waals surface area contributed by atoms with Gasteiger partial charge in [0.2, 0.25) is 5.91 Å². The van der Waals surface area contributed by atoms with Gasteiger partial charge in [0, 0.05) is 6.04 Å². The summed E-state index contributed by atoms with van der Waals surface area (Å²) in [5, 5.41) is 14.5. The molecular weight excluding hydrogens is 320 g/mol. The molecule has 1 aliphatic carbocycles. The molecule has 2 atom stereocenters. The van der Waals surface area contributed by atoms with Gasteiger partial charge in [-0.05, 0) is 50.3 Å². The van der Waals surface area contributed by atoms with Gasteiger partial charge in [-0.3, -0.25) is 14.5 Å². The predicted molar refractivity (Wildman–Crippen MR) is 89.1 cm³/mol. The summed E-state index contributed by atoms with van der Waals surface area (Å²) in [5.41, 5.74) is -0.374. The number of imide groups is 1. The summed E-state index contributed by atoms with van der Waals surface area (Å²) in [5.74, 6) is -0.356. The zero-order valence-corrected chi connectivity index (χ0v) is 14.2. The molecule has 7 heteroatoms. The maximum atomic E-state index is 12.8. The Morgan fingerprint density at radius 2 is 2.20 bits per heavy atom. The van der Waals surface area contributed by atoms with Gasteiger partial charge in [-0.25, -0.2) is 4.79 Å². The van der Waals surface area contributed by atoms with Crippen LogP contribution >= 0.6 is 0 Å². The van der Waals surface area contributed by atoms with Gasteiger partial charge in [0.1, 0.15) is 12.1 Å². The Balaban J connectivity index is 1.74. The van der Waals surface area contributed by atoms with E-state index in [1.54, 1.807) is 31.2 Å². The van der Waals surface area contributed by atoms with E-state index in [1.165, 1.54) is 0 Å². The number of amides is 4. The van der Waals surface area contributed by atoms with Crippen molar-refractivity contribution in [3.05, 3.63) is 35.4 Å². The molecule has 7 nitrogen and oxygen atoms in total. The Morgan fingerprint density at radius 1 is 1.48 bits per heavy atom. The zero-order chi connectivity index (χ0) is 18.2. The number of nitrogens with zero attached hydrogens (tertiary/aromatic N) is 2. The highest BCUT2D eigenvalue weighted by molar-refractivity contribution is 6.09. The molecule has 0 bridgehead atoms. The quantitative estimate of drug-likeness (QED) is 0.787. The molecule has 1 saturated carbocycles. The number of carbonyl (C=O) groups is 3. The molecule has 0 spiro atoms. The van der Waals surface area contributed by atoms with Crippen LogP contribution in [-0.4, -0.2) is 35.3 Å². The van der Waals surface area contributed by atoms with E-state index in [1.807, 2.05) is 13.0 Å². The van der Waals surface area contributed by atoms with Crippen molar-refractivity contribution >= 4 is 17.8 Å². The Labute approximate surface area is 146 Å². The molecule has 4 amide bonds. The van der Waals surface area contributed by atoms with Gasteiger partial charge in [-0.2, -0.15) is 5.26 Å². The van der Waals surface area contributed by atoms with E-state index in [0.29, 0.717) is 17.0 Å². The smallest absolute Gasteiger partial charge is 0.325 e. The monoisotopic (exact) mass is 340 g/mol. The molecule has 1 heterocycles. The van der Waals surface area contributed by atoms with Crippen molar-refractivity contribution in [2.45, 2.75) is 38.3 Å². The Hall–Kier alpha value is -2.88. The fraction of sp³-hybridized carbons (Fsp3) is 0.444. The highest BCUT2D eigenvalue weighted by Crippen LogP contribution is 2.32. The predicted octanol–water partition coefficient (Wildman–Crippen LogP) is 1.24. The van der Waals surface area contributed by atoms with Crippen LogP contribution in [0, 0.1) is 17.2 Å². The number of urea groups is 1. The number of nitrogens with one attached hydrogen (secondary N) is 2. The molecule has 1 aromatic carbocycles. The number of hydrogen-bond donors (Lipinski definition) is 2. The first-order chi connectivity index (χ1) is 11.8. The second kappa shape index (κ2) is 6.20. The molecule has 25 heavy (non-hydrogen) atoms. The summed E-state index contributed by atoms with van der Waals surface area (Å²) >= 11 is 0. The van der Waals surface area contributed by atoms with Gasteiger partial charge in [-0.1, -0.05) is 12.1 Å². The third-order valence-corrected chi connectivity index (χ3v) is 4.86. The Morgan fingerprint density at radius 3 is 2.84 bits per heavy atom. The van der Waals surface area contributed by atoms with Gasteiger partial charge in [0.25, 0.3) is 5.91 Å². The van der Waals surface area contributed by atoms with Crippen LogP contribution < -0.4 is 10.6 Å². The molecule has 2 fully saturated rings. The zero-order valence-electron chi connectivity index (χ0n) is 14.2. The first kappa shape index (κ1) is 17.0. The largest absolute Gasteiger partial charge is 0.352 e. The molecular formula is C18H20N4O3. The Bertz CT molecular complexity index is 781. The van der Waals surface area contributed by atoms with Gasteiger partial charge < -0.3 is 10.6 Å². The van der Waals surface area contributed by atoms with E-state index >= 15 is 0 Å². The third kappa shape index (κ3) is 3.20. The minimum absolute atomic E-state index is 0.0481. The van der Waals surface area contributed by atoms with E-state index in [9.17, 15) is 14.4 Å². The van der Waals surface area contributed by atoms with Crippen LogP contribution in [0.4, 0.5) is 4.79 Å². The van der Waals surface area contributed by atoms with Crippen molar-refractivity contribution in [3.8, 4) is 6.07 Å². The molecule has 3 rings (SSSR count). The van der Waals surface area contributed by atoms with Gasteiger partial charge in [0.05, 0.1) is 11.6 Å². The van der Waals surface area contributed by atoms with Crippen molar-refractivity contribution in [1.82, 2.24) is 15.5 Å². The van der Waals surface area contributed by atoms with Crippen molar-refractivity contribution < 1.29 is 14.4 Å². The average molecular weight is 340 g/mol. The molecule has 0 aromatic heterocycles. The van der Waals surface area contributed by atoms with Crippen molar-refractivity contribution in [1.29, 1.82) is 5.26 Å². The maximum absolute atomic E-state index is 12.8. The van der Waals surface area contributed by atoms with Gasteiger partial charge >= 0.3 is 6.03 Å². The third-order valence-electron chi connectivity index (χ3n) is 4.86. The normalized spacial score (nSPS) is 23.8. The fourth-order valence-corrected chi connectivity index (χ4v) is 3.09. The lowest BCUT2D eigenvalue weighted by atomic mass is 9.91. The summed E-state index contributed by atoms with van der Waals surface area (Å²) in [6.07, 6.45) is 2.19. The van der Waals surface area contributed by atoms with E-state index in [-0.39, 0.29) is 18.5 Å². The van der Waals surface area contributed by atoms with Crippen LogP contribution in [0.5, 0.6) is 0 Å². The molecule has 2 N–H and O–H groups in total. The van der Waals surface area contributed by atoms with Crippen molar-refractivity contribution in [2.75, 3.05) is 6.54 Å². The molecule has 1 saturated heterocycles. The summed E-state index contributed by atoms with van der Waals surface area (Å²) < 4.78 is 0. The number of nitriles is 1. The molecule has 2 aliphatic rings. The van der Waals surface area contributed by atoms with Crippen LogP contribution in [0.2, 0.25) is 0 Å².